The third-order valence-corrected chi connectivity index (χ3v) is 4.51. The maximum Gasteiger partial charge on any atom is 0.387 e. The molecule has 0 unspecified atom stereocenters. The van der Waals surface area contributed by atoms with Crippen LogP contribution in [0, 0.1) is 6.92 Å². The molecule has 8 heteroatoms. The highest BCUT2D eigenvalue weighted by molar-refractivity contribution is 6.30. The molecule has 0 saturated heterocycles. The minimum absolute atomic E-state index is 0.00753. The Morgan fingerprint density at radius 2 is 1.96 bits per heavy atom. The second-order valence-corrected chi connectivity index (χ2v) is 6.54. The number of nitrogens with zero attached hydrogens (tertiary/aromatic N) is 3. The maximum absolute atomic E-state index is 12.8. The topological polar surface area (TPSA) is 52.0 Å². The molecule has 0 fully saturated rings. The summed E-state index contributed by atoms with van der Waals surface area (Å²) in [5.41, 5.74) is 3.19. The highest BCUT2D eigenvalue weighted by Gasteiger charge is 2.25. The van der Waals surface area contributed by atoms with Crippen LogP contribution >= 0.6 is 11.6 Å². The molecule has 4 rings (SSSR count). The van der Waals surface area contributed by atoms with E-state index in [0.717, 1.165) is 11.1 Å². The van der Waals surface area contributed by atoms with E-state index < -0.39 is 6.61 Å². The molecule has 0 amide bonds. The summed E-state index contributed by atoms with van der Waals surface area (Å²) < 4.78 is 32.1. The van der Waals surface area contributed by atoms with Gasteiger partial charge in [-0.2, -0.15) is 18.9 Å². The zero-order chi connectivity index (χ0) is 19.0. The fourth-order valence-electron chi connectivity index (χ4n) is 3.00. The SMILES string of the molecule is Cc1ccc([C@@H]2C=C(c3ccc(Cl)cc3OC(F)F)Nc3ncnn32)cc1. The number of anilines is 1. The van der Waals surface area contributed by atoms with E-state index in [4.69, 9.17) is 11.6 Å². The first-order chi connectivity index (χ1) is 13.0. The van der Waals surface area contributed by atoms with E-state index in [9.17, 15) is 8.78 Å². The lowest BCUT2D eigenvalue weighted by atomic mass is 10.0. The van der Waals surface area contributed by atoms with Crippen molar-refractivity contribution in [3.8, 4) is 5.75 Å². The van der Waals surface area contributed by atoms with E-state index in [1.165, 1.54) is 12.4 Å². The number of halogens is 3. The summed E-state index contributed by atoms with van der Waals surface area (Å²) in [6, 6.07) is 12.4. The Morgan fingerprint density at radius 3 is 2.70 bits per heavy atom. The van der Waals surface area contributed by atoms with Gasteiger partial charge in [-0.1, -0.05) is 41.4 Å². The molecule has 1 aliphatic heterocycles. The molecule has 138 valence electrons. The number of ether oxygens (including phenoxy) is 1. The number of hydrogen-bond donors (Lipinski definition) is 1. The van der Waals surface area contributed by atoms with Crippen LogP contribution in [0.5, 0.6) is 5.75 Å². The molecule has 0 radical (unpaired) electrons. The fraction of sp³-hybridized carbons (Fsp3) is 0.158. The van der Waals surface area contributed by atoms with Crippen LogP contribution < -0.4 is 10.1 Å². The highest BCUT2D eigenvalue weighted by Crippen LogP contribution is 2.36. The van der Waals surface area contributed by atoms with Gasteiger partial charge in [0.2, 0.25) is 5.95 Å². The predicted molar refractivity (Wildman–Crippen MR) is 99.0 cm³/mol. The number of hydrogen-bond acceptors (Lipinski definition) is 4. The van der Waals surface area contributed by atoms with Crippen molar-refractivity contribution in [2.45, 2.75) is 19.6 Å². The zero-order valence-electron chi connectivity index (χ0n) is 14.2. The van der Waals surface area contributed by atoms with Crippen molar-refractivity contribution < 1.29 is 13.5 Å². The van der Waals surface area contributed by atoms with E-state index in [0.29, 0.717) is 22.2 Å². The summed E-state index contributed by atoms with van der Waals surface area (Å²) in [6.45, 7) is -0.946. The van der Waals surface area contributed by atoms with Crippen molar-refractivity contribution in [2.24, 2.45) is 0 Å². The molecule has 3 aromatic rings. The van der Waals surface area contributed by atoms with Gasteiger partial charge in [-0.25, -0.2) is 4.68 Å². The second kappa shape index (κ2) is 7.00. The number of nitrogens with one attached hydrogen (secondary N) is 1. The monoisotopic (exact) mass is 388 g/mol. The van der Waals surface area contributed by atoms with Gasteiger partial charge >= 0.3 is 6.61 Å². The molecule has 0 aliphatic carbocycles. The molecule has 2 heterocycles. The van der Waals surface area contributed by atoms with Crippen LogP contribution in [0.3, 0.4) is 0 Å². The number of aryl methyl sites for hydroxylation is 1. The quantitative estimate of drug-likeness (QED) is 0.690. The molecule has 27 heavy (non-hydrogen) atoms. The Kier molecular flexibility index (Phi) is 4.53. The number of alkyl halides is 2. The third-order valence-electron chi connectivity index (χ3n) is 4.28. The summed E-state index contributed by atoms with van der Waals surface area (Å²) in [7, 11) is 0. The van der Waals surface area contributed by atoms with Crippen LogP contribution in [-0.4, -0.2) is 21.4 Å². The molecule has 0 bridgehead atoms. The molecule has 1 aromatic heterocycles. The first kappa shape index (κ1) is 17.5. The zero-order valence-corrected chi connectivity index (χ0v) is 15.0. The molecule has 5 nitrogen and oxygen atoms in total. The van der Waals surface area contributed by atoms with E-state index >= 15 is 0 Å². The minimum atomic E-state index is -2.96. The van der Waals surface area contributed by atoms with Crippen molar-refractivity contribution in [2.75, 3.05) is 5.32 Å². The maximum atomic E-state index is 12.8. The molecular formula is C19H15ClF2N4O. The van der Waals surface area contributed by atoms with Crippen LogP contribution in [0.2, 0.25) is 5.02 Å². The van der Waals surface area contributed by atoms with Crippen molar-refractivity contribution >= 4 is 23.2 Å². The van der Waals surface area contributed by atoms with Crippen LogP contribution in [0.25, 0.3) is 5.70 Å². The van der Waals surface area contributed by atoms with Gasteiger partial charge in [-0.15, -0.1) is 0 Å². The summed E-state index contributed by atoms with van der Waals surface area (Å²) in [5, 5.41) is 7.71. The number of rotatable bonds is 4. The Hall–Kier alpha value is -2.93. The summed E-state index contributed by atoms with van der Waals surface area (Å²) in [6.07, 6.45) is 3.34. The van der Waals surface area contributed by atoms with Crippen LogP contribution in [0.15, 0.2) is 54.9 Å². The summed E-state index contributed by atoms with van der Waals surface area (Å²) >= 11 is 5.95. The number of allylic oxidation sites excluding steroid dienone is 1. The molecule has 2 aromatic carbocycles. The van der Waals surface area contributed by atoms with Crippen molar-refractivity contribution in [1.29, 1.82) is 0 Å². The Bertz CT molecular complexity index is 1000. The Morgan fingerprint density at radius 1 is 1.19 bits per heavy atom. The average Bonchev–Trinajstić information content (AvgIpc) is 3.10. The molecule has 1 N–H and O–H groups in total. The Balaban J connectivity index is 1.81. The van der Waals surface area contributed by atoms with Gasteiger partial charge < -0.3 is 10.1 Å². The predicted octanol–water partition coefficient (Wildman–Crippen LogP) is 4.90. The molecular weight excluding hydrogens is 374 g/mol. The van der Waals surface area contributed by atoms with Crippen molar-refractivity contribution in [3.63, 3.8) is 0 Å². The van der Waals surface area contributed by atoms with Crippen LogP contribution in [0.1, 0.15) is 22.7 Å². The lowest BCUT2D eigenvalue weighted by Gasteiger charge is -2.25. The van der Waals surface area contributed by atoms with Crippen LogP contribution in [-0.2, 0) is 0 Å². The van der Waals surface area contributed by atoms with Gasteiger partial charge in [-0.3, -0.25) is 0 Å². The largest absolute Gasteiger partial charge is 0.434 e. The van der Waals surface area contributed by atoms with E-state index in [2.05, 4.69) is 20.1 Å². The van der Waals surface area contributed by atoms with E-state index in [-0.39, 0.29) is 11.8 Å². The highest BCUT2D eigenvalue weighted by atomic mass is 35.5. The first-order valence-electron chi connectivity index (χ1n) is 8.21. The van der Waals surface area contributed by atoms with Gasteiger partial charge in [0, 0.05) is 10.6 Å². The van der Waals surface area contributed by atoms with Gasteiger partial charge in [-0.05, 0) is 36.8 Å². The van der Waals surface area contributed by atoms with Crippen molar-refractivity contribution in [1.82, 2.24) is 14.8 Å². The molecule has 0 spiro atoms. The number of benzene rings is 2. The summed E-state index contributed by atoms with van der Waals surface area (Å²) in [5.74, 6) is 0.503. The fourth-order valence-corrected chi connectivity index (χ4v) is 3.17. The lowest BCUT2D eigenvalue weighted by Crippen LogP contribution is -2.20. The average molecular weight is 389 g/mol. The van der Waals surface area contributed by atoms with Gasteiger partial charge in [0.1, 0.15) is 18.1 Å². The van der Waals surface area contributed by atoms with Gasteiger partial charge in [0.25, 0.3) is 0 Å². The first-order valence-corrected chi connectivity index (χ1v) is 8.59. The molecule has 1 aliphatic rings. The van der Waals surface area contributed by atoms with Crippen LogP contribution in [0.4, 0.5) is 14.7 Å². The van der Waals surface area contributed by atoms with E-state index in [1.54, 1.807) is 16.8 Å². The molecule has 1 atom stereocenters. The van der Waals surface area contributed by atoms with E-state index in [1.807, 2.05) is 37.3 Å². The lowest BCUT2D eigenvalue weighted by molar-refractivity contribution is -0.0500. The number of aromatic nitrogens is 3. The van der Waals surface area contributed by atoms with Gasteiger partial charge in [0.05, 0.1) is 5.70 Å². The minimum Gasteiger partial charge on any atom is -0.434 e. The molecule has 0 saturated carbocycles. The second-order valence-electron chi connectivity index (χ2n) is 6.11. The third kappa shape index (κ3) is 3.50. The summed E-state index contributed by atoms with van der Waals surface area (Å²) in [4.78, 5) is 4.22. The standard InChI is InChI=1S/C19H15ClF2N4O/c1-11-2-4-12(5-3-11)16-9-15(25-19-23-10-24-26(16)19)14-7-6-13(20)8-17(14)27-18(21)22/h2-10,16,18H,1H3,(H,23,24,25)/t16-/m0/s1. The normalized spacial score (nSPS) is 15.9. The number of fused-ring (bicyclic) bond motifs is 1. The van der Waals surface area contributed by atoms with Gasteiger partial charge in [0.15, 0.2) is 0 Å². The van der Waals surface area contributed by atoms with Crippen molar-refractivity contribution in [3.05, 3.63) is 76.6 Å². The Labute approximate surface area is 159 Å². The smallest absolute Gasteiger partial charge is 0.387 e.